The van der Waals surface area contributed by atoms with E-state index in [1.165, 1.54) is 11.1 Å². The van der Waals surface area contributed by atoms with Crippen molar-refractivity contribution in [1.82, 2.24) is 4.98 Å². The molecule has 3 aromatic rings. The number of aliphatic imine (C=N–C) groups is 1. The van der Waals surface area contributed by atoms with Crippen molar-refractivity contribution in [3.8, 4) is 0 Å². The van der Waals surface area contributed by atoms with Crippen LogP contribution in [0.2, 0.25) is 0 Å². The van der Waals surface area contributed by atoms with E-state index in [-0.39, 0.29) is 0 Å². The maximum absolute atomic E-state index is 4.56. The lowest BCUT2D eigenvalue weighted by molar-refractivity contribution is 1.22. The van der Waals surface area contributed by atoms with E-state index < -0.39 is 0 Å². The zero-order valence-corrected chi connectivity index (χ0v) is 17.3. The van der Waals surface area contributed by atoms with Gasteiger partial charge in [-0.3, -0.25) is 4.99 Å². The van der Waals surface area contributed by atoms with E-state index in [2.05, 4.69) is 70.5 Å². The smallest absolute Gasteiger partial charge is 0.164 e. The molecule has 0 spiro atoms. The van der Waals surface area contributed by atoms with Gasteiger partial charge in [-0.15, -0.1) is 0 Å². The topological polar surface area (TPSA) is 28.5 Å². The van der Waals surface area contributed by atoms with Gasteiger partial charge in [0.1, 0.15) is 5.00 Å². The van der Waals surface area contributed by atoms with Crippen molar-refractivity contribution in [2.75, 3.05) is 19.0 Å². The third-order valence-electron chi connectivity index (χ3n) is 3.70. The molecule has 1 heterocycles. The number of hydrogen-bond acceptors (Lipinski definition) is 5. The summed E-state index contributed by atoms with van der Waals surface area (Å²) in [4.78, 5) is 11.1. The van der Waals surface area contributed by atoms with Gasteiger partial charge in [-0.05, 0) is 11.1 Å². The molecule has 0 saturated carbocycles. The molecule has 0 aliphatic rings. The standard InChI is InChI=1S/C20H21N3S3/c1-21-19(24-14-16-9-5-3-6-10-16)23(2)18-13-22-20(26-18)25-15-17-11-7-4-8-12-17/h3-13H,14-15H2,1-2H3. The zero-order valence-electron chi connectivity index (χ0n) is 14.8. The first kappa shape index (κ1) is 19.0. The lowest BCUT2D eigenvalue weighted by atomic mass is 10.2. The fraction of sp³-hybridized carbons (Fsp3) is 0.200. The van der Waals surface area contributed by atoms with E-state index in [0.717, 1.165) is 26.0 Å². The molecule has 26 heavy (non-hydrogen) atoms. The van der Waals surface area contributed by atoms with E-state index in [1.54, 1.807) is 34.9 Å². The van der Waals surface area contributed by atoms with Crippen molar-refractivity contribution in [2.45, 2.75) is 15.8 Å². The first-order valence-corrected chi connectivity index (χ1v) is 11.0. The summed E-state index contributed by atoms with van der Waals surface area (Å²) in [5, 5.41) is 2.11. The largest absolute Gasteiger partial charge is 0.315 e. The summed E-state index contributed by atoms with van der Waals surface area (Å²) in [5.74, 6) is 1.85. The molecule has 3 rings (SSSR count). The molecule has 6 heteroatoms. The van der Waals surface area contributed by atoms with Crippen LogP contribution in [0.1, 0.15) is 11.1 Å². The van der Waals surface area contributed by atoms with Gasteiger partial charge in [0.25, 0.3) is 0 Å². The summed E-state index contributed by atoms with van der Waals surface area (Å²) in [6.07, 6.45) is 1.94. The monoisotopic (exact) mass is 399 g/mol. The van der Waals surface area contributed by atoms with Crippen LogP contribution in [0.5, 0.6) is 0 Å². The van der Waals surface area contributed by atoms with E-state index in [0.29, 0.717) is 0 Å². The molecule has 3 nitrogen and oxygen atoms in total. The highest BCUT2D eigenvalue weighted by molar-refractivity contribution is 8.13. The molecule has 0 radical (unpaired) electrons. The van der Waals surface area contributed by atoms with Crippen LogP contribution in [0.3, 0.4) is 0 Å². The number of anilines is 1. The van der Waals surface area contributed by atoms with E-state index >= 15 is 0 Å². The minimum Gasteiger partial charge on any atom is -0.315 e. The maximum atomic E-state index is 4.56. The van der Waals surface area contributed by atoms with Crippen molar-refractivity contribution in [3.63, 3.8) is 0 Å². The predicted molar refractivity (Wildman–Crippen MR) is 118 cm³/mol. The van der Waals surface area contributed by atoms with Gasteiger partial charge in [0.15, 0.2) is 9.51 Å². The summed E-state index contributed by atoms with van der Waals surface area (Å²) in [5.41, 5.74) is 2.62. The second kappa shape index (κ2) is 9.80. The van der Waals surface area contributed by atoms with E-state index in [4.69, 9.17) is 0 Å². The number of amidine groups is 1. The highest BCUT2D eigenvalue weighted by Gasteiger charge is 2.13. The number of nitrogens with zero attached hydrogens (tertiary/aromatic N) is 3. The van der Waals surface area contributed by atoms with Gasteiger partial charge >= 0.3 is 0 Å². The minimum absolute atomic E-state index is 0.909. The SMILES string of the molecule is CN=C(SCc1ccccc1)N(C)c1cnc(SCc2ccccc2)s1. The van der Waals surface area contributed by atoms with Crippen molar-refractivity contribution in [3.05, 3.63) is 78.0 Å². The molecule has 0 aliphatic carbocycles. The Kier molecular flexibility index (Phi) is 7.17. The Labute approximate surface area is 167 Å². The zero-order chi connectivity index (χ0) is 18.2. The Balaban J connectivity index is 1.58. The van der Waals surface area contributed by atoms with Crippen LogP contribution in [0.4, 0.5) is 5.00 Å². The van der Waals surface area contributed by atoms with Crippen LogP contribution < -0.4 is 4.90 Å². The Morgan fingerprint density at radius 1 is 1.00 bits per heavy atom. The molecule has 1 aromatic heterocycles. The van der Waals surface area contributed by atoms with Crippen LogP contribution in [0.15, 0.2) is 76.2 Å². The maximum Gasteiger partial charge on any atom is 0.164 e. The Bertz CT molecular complexity index is 832. The molecular formula is C20H21N3S3. The molecule has 0 atom stereocenters. The van der Waals surface area contributed by atoms with Gasteiger partial charge in [0.2, 0.25) is 0 Å². The number of rotatable bonds is 6. The predicted octanol–water partition coefficient (Wildman–Crippen LogP) is 5.79. The molecule has 0 amide bonds. The first-order chi connectivity index (χ1) is 12.8. The van der Waals surface area contributed by atoms with Crippen LogP contribution >= 0.6 is 34.9 Å². The highest BCUT2D eigenvalue weighted by Crippen LogP contribution is 2.33. The first-order valence-electron chi connectivity index (χ1n) is 8.26. The molecule has 134 valence electrons. The Morgan fingerprint density at radius 2 is 1.62 bits per heavy atom. The van der Waals surface area contributed by atoms with E-state index in [1.807, 2.05) is 25.4 Å². The van der Waals surface area contributed by atoms with E-state index in [9.17, 15) is 0 Å². The summed E-state index contributed by atoms with van der Waals surface area (Å²) in [7, 11) is 3.90. The quantitative estimate of drug-likeness (QED) is 0.298. The summed E-state index contributed by atoms with van der Waals surface area (Å²) in [6.45, 7) is 0. The third-order valence-corrected chi connectivity index (χ3v) is 7.19. The summed E-state index contributed by atoms with van der Waals surface area (Å²) in [6, 6.07) is 21.0. The van der Waals surface area contributed by atoms with Gasteiger partial charge in [-0.25, -0.2) is 4.98 Å². The van der Waals surface area contributed by atoms with Crippen molar-refractivity contribution >= 4 is 45.0 Å². The normalized spacial score (nSPS) is 11.5. The Hall–Kier alpha value is -1.76. The molecule has 0 unspecified atom stereocenters. The average Bonchev–Trinajstić information content (AvgIpc) is 3.17. The van der Waals surface area contributed by atoms with Crippen LogP contribution in [-0.4, -0.2) is 24.2 Å². The van der Waals surface area contributed by atoms with Crippen molar-refractivity contribution in [2.24, 2.45) is 4.99 Å². The molecule has 0 bridgehead atoms. The fourth-order valence-corrected chi connectivity index (χ4v) is 5.18. The molecule has 0 N–H and O–H groups in total. The summed E-state index contributed by atoms with van der Waals surface area (Å²) < 4.78 is 1.08. The van der Waals surface area contributed by atoms with Crippen LogP contribution in [0.25, 0.3) is 0 Å². The van der Waals surface area contributed by atoms with Crippen molar-refractivity contribution < 1.29 is 0 Å². The molecule has 0 fully saturated rings. The highest BCUT2D eigenvalue weighted by atomic mass is 32.2. The van der Waals surface area contributed by atoms with Gasteiger partial charge < -0.3 is 4.90 Å². The lowest BCUT2D eigenvalue weighted by Gasteiger charge is -2.18. The number of aromatic nitrogens is 1. The van der Waals surface area contributed by atoms with Crippen LogP contribution in [0, 0.1) is 0 Å². The number of thiazole rings is 1. The molecule has 2 aromatic carbocycles. The molecular weight excluding hydrogens is 378 g/mol. The van der Waals surface area contributed by atoms with Gasteiger partial charge in [-0.2, -0.15) is 0 Å². The second-order valence-electron chi connectivity index (χ2n) is 5.58. The Morgan fingerprint density at radius 3 is 2.23 bits per heavy atom. The van der Waals surface area contributed by atoms with Crippen LogP contribution in [-0.2, 0) is 11.5 Å². The molecule has 0 aliphatic heterocycles. The van der Waals surface area contributed by atoms with Gasteiger partial charge in [0, 0.05) is 25.6 Å². The minimum atomic E-state index is 0.909. The third kappa shape index (κ3) is 5.37. The fourth-order valence-electron chi connectivity index (χ4n) is 2.32. The summed E-state index contributed by atoms with van der Waals surface area (Å²) >= 11 is 5.23. The second-order valence-corrected chi connectivity index (χ2v) is 8.75. The lowest BCUT2D eigenvalue weighted by Crippen LogP contribution is -2.22. The van der Waals surface area contributed by atoms with Gasteiger partial charge in [-0.1, -0.05) is 95.5 Å². The average molecular weight is 400 g/mol. The number of hydrogen-bond donors (Lipinski definition) is 0. The van der Waals surface area contributed by atoms with Gasteiger partial charge in [0.05, 0.1) is 6.20 Å². The molecule has 0 saturated heterocycles. The number of benzene rings is 2. The van der Waals surface area contributed by atoms with Crippen molar-refractivity contribution in [1.29, 1.82) is 0 Å². The number of thioether (sulfide) groups is 2.